The Morgan fingerprint density at radius 2 is 1.96 bits per heavy atom. The van der Waals surface area contributed by atoms with E-state index >= 15 is 0 Å². The van der Waals surface area contributed by atoms with Crippen LogP contribution in [0, 0.1) is 37.5 Å². The SMILES string of the molecule is CCCC(C)(C)[C@H]1C[C@H](C)CC/C1=N\Nc1ccc([N+](=O)[O-])cc1[N+](=O)[O-]. The molecule has 0 bridgehead atoms. The maximum Gasteiger partial charge on any atom is 0.301 e. The lowest BCUT2D eigenvalue weighted by Crippen LogP contribution is -2.36. The Hall–Kier alpha value is -2.51. The lowest BCUT2D eigenvalue weighted by molar-refractivity contribution is -0.393. The zero-order valence-electron chi connectivity index (χ0n) is 16.4. The monoisotopic (exact) mass is 376 g/mol. The summed E-state index contributed by atoms with van der Waals surface area (Å²) < 4.78 is 0. The number of anilines is 1. The molecule has 1 fully saturated rings. The van der Waals surface area contributed by atoms with Crippen molar-refractivity contribution in [3.63, 3.8) is 0 Å². The number of hydrogen-bond acceptors (Lipinski definition) is 6. The van der Waals surface area contributed by atoms with E-state index in [0.717, 1.165) is 43.9 Å². The van der Waals surface area contributed by atoms with E-state index in [1.807, 2.05) is 0 Å². The molecule has 2 atom stereocenters. The van der Waals surface area contributed by atoms with Gasteiger partial charge in [-0.25, -0.2) is 0 Å². The van der Waals surface area contributed by atoms with Gasteiger partial charge in [0.2, 0.25) is 0 Å². The minimum absolute atomic E-state index is 0.103. The molecule has 0 saturated heterocycles. The van der Waals surface area contributed by atoms with E-state index < -0.39 is 9.85 Å². The smallest absolute Gasteiger partial charge is 0.272 e. The molecule has 1 aromatic carbocycles. The van der Waals surface area contributed by atoms with Crippen LogP contribution in [-0.4, -0.2) is 15.6 Å². The van der Waals surface area contributed by atoms with Gasteiger partial charge in [0, 0.05) is 17.7 Å². The number of nitro benzene ring substituents is 2. The average molecular weight is 376 g/mol. The van der Waals surface area contributed by atoms with E-state index in [4.69, 9.17) is 0 Å². The quantitative estimate of drug-likeness (QED) is 0.496. The van der Waals surface area contributed by atoms with Crippen molar-refractivity contribution in [1.82, 2.24) is 0 Å². The summed E-state index contributed by atoms with van der Waals surface area (Å²) in [5, 5.41) is 26.7. The fourth-order valence-electron chi connectivity index (χ4n) is 3.96. The molecule has 1 aliphatic carbocycles. The van der Waals surface area contributed by atoms with Crippen LogP contribution < -0.4 is 5.43 Å². The highest BCUT2D eigenvalue weighted by Gasteiger charge is 2.36. The Kier molecular flexibility index (Phi) is 6.51. The summed E-state index contributed by atoms with van der Waals surface area (Å²) in [6.45, 7) is 8.93. The Bertz CT molecular complexity index is 745. The number of nitrogens with zero attached hydrogens (tertiary/aromatic N) is 3. The molecule has 0 radical (unpaired) electrons. The topological polar surface area (TPSA) is 111 Å². The van der Waals surface area contributed by atoms with E-state index in [1.165, 1.54) is 12.1 Å². The molecule has 0 amide bonds. The first-order chi connectivity index (χ1) is 12.7. The third-order valence-electron chi connectivity index (χ3n) is 5.48. The van der Waals surface area contributed by atoms with Gasteiger partial charge in [0.05, 0.1) is 15.9 Å². The van der Waals surface area contributed by atoms with Gasteiger partial charge in [0.1, 0.15) is 5.69 Å². The molecule has 8 nitrogen and oxygen atoms in total. The Morgan fingerprint density at radius 1 is 1.26 bits per heavy atom. The third-order valence-corrected chi connectivity index (χ3v) is 5.48. The number of rotatable bonds is 7. The second-order valence-corrected chi connectivity index (χ2v) is 8.10. The van der Waals surface area contributed by atoms with Gasteiger partial charge in [-0.2, -0.15) is 5.10 Å². The highest BCUT2D eigenvalue weighted by molar-refractivity contribution is 5.89. The fraction of sp³-hybridized carbons (Fsp3) is 0.632. The van der Waals surface area contributed by atoms with E-state index in [2.05, 4.69) is 38.2 Å². The molecule has 0 aliphatic heterocycles. The predicted octanol–water partition coefficient (Wildman–Crippen LogP) is 5.53. The van der Waals surface area contributed by atoms with Crippen molar-refractivity contribution in [2.45, 2.75) is 59.8 Å². The minimum atomic E-state index is -0.644. The maximum atomic E-state index is 11.3. The van der Waals surface area contributed by atoms with E-state index in [0.29, 0.717) is 11.8 Å². The van der Waals surface area contributed by atoms with Crippen LogP contribution in [0.1, 0.15) is 59.8 Å². The number of nitro groups is 2. The van der Waals surface area contributed by atoms with Crippen molar-refractivity contribution in [2.75, 3.05) is 5.43 Å². The average Bonchev–Trinajstić information content (AvgIpc) is 2.60. The van der Waals surface area contributed by atoms with Crippen LogP contribution >= 0.6 is 0 Å². The molecule has 148 valence electrons. The second-order valence-electron chi connectivity index (χ2n) is 8.10. The first kappa shape index (κ1) is 20.8. The number of hydrazone groups is 1. The zero-order chi connectivity index (χ0) is 20.2. The van der Waals surface area contributed by atoms with Crippen molar-refractivity contribution in [3.8, 4) is 0 Å². The standard InChI is InChI=1S/C19H28N4O4/c1-5-10-19(3,4)15-11-13(2)6-8-16(15)20-21-17-9-7-14(22(24)25)12-18(17)23(26)27/h7,9,12-13,15,21H,5-6,8,10-11H2,1-4H3/b20-16+/t13-,15+/m1/s1. The lowest BCUT2D eigenvalue weighted by Gasteiger charge is -2.40. The number of non-ortho nitro benzene ring substituents is 1. The van der Waals surface area contributed by atoms with Crippen molar-refractivity contribution in [1.29, 1.82) is 0 Å². The summed E-state index contributed by atoms with van der Waals surface area (Å²) >= 11 is 0. The minimum Gasteiger partial charge on any atom is -0.272 e. The summed E-state index contributed by atoms with van der Waals surface area (Å²) in [4.78, 5) is 20.9. The van der Waals surface area contributed by atoms with Crippen molar-refractivity contribution < 1.29 is 9.85 Å². The number of benzene rings is 1. The second kappa shape index (κ2) is 8.45. The van der Waals surface area contributed by atoms with E-state index in [1.54, 1.807) is 0 Å². The molecule has 8 heteroatoms. The molecule has 2 rings (SSSR count). The molecule has 1 aromatic rings. The molecule has 1 N–H and O–H groups in total. The normalized spacial score (nSPS) is 21.9. The third kappa shape index (κ3) is 5.02. The number of hydrogen-bond donors (Lipinski definition) is 1. The largest absolute Gasteiger partial charge is 0.301 e. The van der Waals surface area contributed by atoms with Gasteiger partial charge < -0.3 is 0 Å². The summed E-state index contributed by atoms with van der Waals surface area (Å²) in [5.74, 6) is 0.935. The summed E-state index contributed by atoms with van der Waals surface area (Å²) in [6, 6.07) is 3.55. The highest BCUT2D eigenvalue weighted by Crippen LogP contribution is 2.42. The van der Waals surface area contributed by atoms with Crippen LogP contribution in [0.25, 0.3) is 0 Å². The summed E-state index contributed by atoms with van der Waals surface area (Å²) in [5.41, 5.74) is 3.46. The molecule has 1 saturated carbocycles. The number of nitrogens with one attached hydrogen (secondary N) is 1. The predicted molar refractivity (Wildman–Crippen MR) is 106 cm³/mol. The molecular weight excluding hydrogens is 348 g/mol. The van der Waals surface area contributed by atoms with Crippen LogP contribution in [0.3, 0.4) is 0 Å². The van der Waals surface area contributed by atoms with Crippen LogP contribution in [0.15, 0.2) is 23.3 Å². The van der Waals surface area contributed by atoms with E-state index in [9.17, 15) is 20.2 Å². The van der Waals surface area contributed by atoms with Gasteiger partial charge in [-0.1, -0.05) is 34.1 Å². The van der Waals surface area contributed by atoms with Crippen LogP contribution in [0.5, 0.6) is 0 Å². The van der Waals surface area contributed by atoms with Crippen LogP contribution in [0.4, 0.5) is 17.1 Å². The molecular formula is C19H28N4O4. The maximum absolute atomic E-state index is 11.3. The first-order valence-corrected chi connectivity index (χ1v) is 9.41. The van der Waals surface area contributed by atoms with Gasteiger partial charge in [0.25, 0.3) is 5.69 Å². The van der Waals surface area contributed by atoms with Crippen molar-refractivity contribution in [3.05, 3.63) is 38.4 Å². The fourth-order valence-corrected chi connectivity index (χ4v) is 3.96. The lowest BCUT2D eigenvalue weighted by atomic mass is 9.65. The van der Waals surface area contributed by atoms with Gasteiger partial charge in [-0.3, -0.25) is 25.7 Å². The van der Waals surface area contributed by atoms with Crippen molar-refractivity contribution >= 4 is 22.8 Å². The Balaban J connectivity index is 2.31. The van der Waals surface area contributed by atoms with Gasteiger partial charge in [-0.05, 0) is 43.1 Å². The molecule has 0 spiro atoms. The van der Waals surface area contributed by atoms with Gasteiger partial charge >= 0.3 is 5.69 Å². The van der Waals surface area contributed by atoms with Crippen LogP contribution in [-0.2, 0) is 0 Å². The molecule has 0 heterocycles. The highest BCUT2D eigenvalue weighted by atomic mass is 16.6. The van der Waals surface area contributed by atoms with Gasteiger partial charge in [0.15, 0.2) is 0 Å². The molecule has 27 heavy (non-hydrogen) atoms. The zero-order valence-corrected chi connectivity index (χ0v) is 16.4. The first-order valence-electron chi connectivity index (χ1n) is 9.41. The molecule has 0 unspecified atom stereocenters. The Morgan fingerprint density at radius 3 is 2.56 bits per heavy atom. The van der Waals surface area contributed by atoms with Gasteiger partial charge in [-0.15, -0.1) is 0 Å². The summed E-state index contributed by atoms with van der Waals surface area (Å²) in [7, 11) is 0. The Labute approximate surface area is 159 Å². The van der Waals surface area contributed by atoms with Crippen molar-refractivity contribution in [2.24, 2.45) is 22.4 Å². The summed E-state index contributed by atoms with van der Waals surface area (Å²) in [6.07, 6.45) is 5.12. The van der Waals surface area contributed by atoms with Crippen LogP contribution in [0.2, 0.25) is 0 Å². The van der Waals surface area contributed by atoms with E-state index in [-0.39, 0.29) is 22.5 Å². The molecule has 0 aromatic heterocycles. The molecule has 1 aliphatic rings.